The molecule has 1 saturated carbocycles. The van der Waals surface area contributed by atoms with Gasteiger partial charge in [-0.1, -0.05) is 27.2 Å². The minimum absolute atomic E-state index is 0.0243. The smallest absolute Gasteiger partial charge is 0.431 e. The Hall–Kier alpha value is -0.730. The first-order valence-corrected chi connectivity index (χ1v) is 6.19. The molecule has 3 heteroatoms. The standard InChI is InChI=1S/C13H23O3/c1-5-15-13(14)16-12-8-10(4)6-7-11(12)9(2)3/h5,9-12H,6-8H2,1-4H3. The van der Waals surface area contributed by atoms with Gasteiger partial charge in [-0.3, -0.25) is 0 Å². The first-order chi connectivity index (χ1) is 7.54. The maximum atomic E-state index is 11.3. The van der Waals surface area contributed by atoms with Crippen LogP contribution >= 0.6 is 0 Å². The molecule has 0 amide bonds. The zero-order valence-electron chi connectivity index (χ0n) is 10.7. The molecule has 0 N–H and O–H groups in total. The molecule has 3 nitrogen and oxygen atoms in total. The molecule has 16 heavy (non-hydrogen) atoms. The van der Waals surface area contributed by atoms with Crippen molar-refractivity contribution in [3.05, 3.63) is 6.61 Å². The van der Waals surface area contributed by atoms with Crippen molar-refractivity contribution in [1.82, 2.24) is 0 Å². The van der Waals surface area contributed by atoms with E-state index >= 15 is 0 Å². The predicted octanol–water partition coefficient (Wildman–Crippen LogP) is 3.78. The summed E-state index contributed by atoms with van der Waals surface area (Å²) >= 11 is 0. The van der Waals surface area contributed by atoms with Crippen LogP contribution in [-0.2, 0) is 9.47 Å². The summed E-state index contributed by atoms with van der Waals surface area (Å²) in [6, 6.07) is 0. The molecule has 0 bridgehead atoms. The molecule has 3 unspecified atom stereocenters. The third-order valence-corrected chi connectivity index (χ3v) is 3.42. The Bertz CT molecular complexity index is 225. The van der Waals surface area contributed by atoms with Crippen LogP contribution in [-0.4, -0.2) is 12.3 Å². The van der Waals surface area contributed by atoms with E-state index in [0.717, 1.165) is 12.8 Å². The highest BCUT2D eigenvalue weighted by molar-refractivity contribution is 5.60. The second-order valence-electron chi connectivity index (χ2n) is 5.09. The van der Waals surface area contributed by atoms with Crippen LogP contribution in [0.1, 0.15) is 47.0 Å². The highest BCUT2D eigenvalue weighted by Crippen LogP contribution is 2.35. The van der Waals surface area contributed by atoms with Gasteiger partial charge in [0.1, 0.15) is 12.7 Å². The van der Waals surface area contributed by atoms with E-state index in [2.05, 4.69) is 20.8 Å². The molecule has 0 aliphatic heterocycles. The van der Waals surface area contributed by atoms with Crippen molar-refractivity contribution in [3.63, 3.8) is 0 Å². The van der Waals surface area contributed by atoms with E-state index < -0.39 is 6.16 Å². The van der Waals surface area contributed by atoms with Crippen LogP contribution in [0.2, 0.25) is 0 Å². The number of carbonyl (C=O) groups is 1. The number of rotatable bonds is 3. The lowest BCUT2D eigenvalue weighted by Gasteiger charge is -2.36. The Morgan fingerprint density at radius 2 is 2.06 bits per heavy atom. The molecule has 93 valence electrons. The number of hydrogen-bond acceptors (Lipinski definition) is 3. The maximum Gasteiger partial charge on any atom is 0.508 e. The van der Waals surface area contributed by atoms with Crippen LogP contribution in [0, 0.1) is 24.4 Å². The second kappa shape index (κ2) is 6.12. The fourth-order valence-electron chi connectivity index (χ4n) is 2.50. The van der Waals surface area contributed by atoms with Gasteiger partial charge in [0.15, 0.2) is 0 Å². The first kappa shape index (κ1) is 13.3. The van der Waals surface area contributed by atoms with Gasteiger partial charge in [0, 0.05) is 0 Å². The molecule has 1 aliphatic carbocycles. The summed E-state index contributed by atoms with van der Waals surface area (Å²) in [5.41, 5.74) is 0. The summed E-state index contributed by atoms with van der Waals surface area (Å²) < 4.78 is 10.1. The number of carbonyl (C=O) groups excluding carboxylic acids is 1. The van der Waals surface area contributed by atoms with E-state index in [9.17, 15) is 4.79 Å². The third-order valence-electron chi connectivity index (χ3n) is 3.42. The van der Waals surface area contributed by atoms with Crippen LogP contribution in [0.4, 0.5) is 4.79 Å². The average molecular weight is 227 g/mol. The molecule has 1 aliphatic rings. The van der Waals surface area contributed by atoms with E-state index in [0.29, 0.717) is 17.8 Å². The van der Waals surface area contributed by atoms with Gasteiger partial charge in [-0.2, -0.15) is 0 Å². The van der Waals surface area contributed by atoms with Crippen LogP contribution in [0.25, 0.3) is 0 Å². The summed E-state index contributed by atoms with van der Waals surface area (Å²) in [5.74, 6) is 1.66. The van der Waals surface area contributed by atoms with Crippen molar-refractivity contribution in [1.29, 1.82) is 0 Å². The summed E-state index contributed by atoms with van der Waals surface area (Å²) in [7, 11) is 0. The monoisotopic (exact) mass is 227 g/mol. The van der Waals surface area contributed by atoms with Gasteiger partial charge in [0.25, 0.3) is 0 Å². The van der Waals surface area contributed by atoms with Crippen LogP contribution < -0.4 is 0 Å². The molecule has 1 fully saturated rings. The summed E-state index contributed by atoms with van der Waals surface area (Å²) in [6.07, 6.45) is 2.80. The molecule has 0 aromatic carbocycles. The van der Waals surface area contributed by atoms with E-state index in [-0.39, 0.29) is 6.10 Å². The van der Waals surface area contributed by atoms with E-state index in [1.165, 1.54) is 13.0 Å². The van der Waals surface area contributed by atoms with Gasteiger partial charge in [0.2, 0.25) is 0 Å². The van der Waals surface area contributed by atoms with Crippen molar-refractivity contribution in [2.45, 2.75) is 53.1 Å². The Kier molecular flexibility index (Phi) is 5.10. The first-order valence-electron chi connectivity index (χ1n) is 6.19. The maximum absolute atomic E-state index is 11.3. The summed E-state index contributed by atoms with van der Waals surface area (Å²) in [6.45, 7) is 9.62. The third kappa shape index (κ3) is 3.69. The lowest BCUT2D eigenvalue weighted by molar-refractivity contribution is -0.0238. The van der Waals surface area contributed by atoms with Gasteiger partial charge in [-0.15, -0.1) is 0 Å². The highest BCUT2D eigenvalue weighted by atomic mass is 16.7. The fourth-order valence-corrected chi connectivity index (χ4v) is 2.50. The van der Waals surface area contributed by atoms with Crippen molar-refractivity contribution >= 4 is 6.16 Å². The second-order valence-corrected chi connectivity index (χ2v) is 5.09. The van der Waals surface area contributed by atoms with Crippen LogP contribution in [0.15, 0.2) is 0 Å². The van der Waals surface area contributed by atoms with Gasteiger partial charge >= 0.3 is 6.16 Å². The van der Waals surface area contributed by atoms with Crippen LogP contribution in [0.5, 0.6) is 0 Å². The normalized spacial score (nSPS) is 30.2. The Morgan fingerprint density at radius 1 is 1.38 bits per heavy atom. The number of hydrogen-bond donors (Lipinski definition) is 0. The van der Waals surface area contributed by atoms with E-state index in [1.54, 1.807) is 6.92 Å². The lowest BCUT2D eigenvalue weighted by atomic mass is 9.75. The van der Waals surface area contributed by atoms with Gasteiger partial charge in [0.05, 0.1) is 0 Å². The molecule has 0 saturated heterocycles. The van der Waals surface area contributed by atoms with Gasteiger partial charge < -0.3 is 9.47 Å². The van der Waals surface area contributed by atoms with E-state index in [4.69, 9.17) is 9.47 Å². The van der Waals surface area contributed by atoms with Crippen molar-refractivity contribution in [2.75, 3.05) is 0 Å². The molecule has 0 spiro atoms. The Labute approximate surface area is 98.5 Å². The van der Waals surface area contributed by atoms with Gasteiger partial charge in [-0.05, 0) is 37.5 Å². The zero-order valence-corrected chi connectivity index (χ0v) is 10.7. The fraction of sp³-hybridized carbons (Fsp3) is 0.846. The summed E-state index contributed by atoms with van der Waals surface area (Å²) in [5, 5.41) is 0. The molecule has 3 atom stereocenters. The number of ether oxygens (including phenoxy) is 2. The zero-order chi connectivity index (χ0) is 12.1. The highest BCUT2D eigenvalue weighted by Gasteiger charge is 2.33. The molecule has 0 aromatic rings. The Morgan fingerprint density at radius 3 is 2.62 bits per heavy atom. The molecular formula is C13H23O3. The molecule has 1 radical (unpaired) electrons. The van der Waals surface area contributed by atoms with Crippen LogP contribution in [0.3, 0.4) is 0 Å². The predicted molar refractivity (Wildman–Crippen MR) is 62.7 cm³/mol. The molecular weight excluding hydrogens is 204 g/mol. The molecule has 1 rings (SSSR count). The topological polar surface area (TPSA) is 35.5 Å². The quantitative estimate of drug-likeness (QED) is 0.688. The van der Waals surface area contributed by atoms with Crippen molar-refractivity contribution in [2.24, 2.45) is 17.8 Å². The van der Waals surface area contributed by atoms with Crippen molar-refractivity contribution in [3.8, 4) is 0 Å². The Balaban J connectivity index is 2.54. The molecule has 0 heterocycles. The average Bonchev–Trinajstić information content (AvgIpc) is 2.17. The minimum Gasteiger partial charge on any atom is -0.431 e. The largest absolute Gasteiger partial charge is 0.508 e. The van der Waals surface area contributed by atoms with Gasteiger partial charge in [-0.25, -0.2) is 4.79 Å². The minimum atomic E-state index is -0.563. The summed E-state index contributed by atoms with van der Waals surface area (Å²) in [4.78, 5) is 11.3. The lowest BCUT2D eigenvalue weighted by Crippen LogP contribution is -2.35. The SMILES string of the molecule is C[CH]OC(=O)OC1CC(C)CCC1C(C)C. The van der Waals surface area contributed by atoms with Crippen molar-refractivity contribution < 1.29 is 14.3 Å². The van der Waals surface area contributed by atoms with E-state index in [1.807, 2.05) is 0 Å². The molecule has 0 aromatic heterocycles.